The monoisotopic (exact) mass is 516 g/mol. The standard InChI is InChI=1S/C21H15F7N6O2/c22-11-3-1-10(2-4-11)18(7-19(8-18)16(35)31-17(36)32-19)9-29-14-5-12(20(23,24)25)30-15-6-13(21(26,27)28)33-34(14)15/h1-6,29H,7-9H2,(H2,31,32,35,36). The highest BCUT2D eigenvalue weighted by molar-refractivity contribution is 6.08. The lowest BCUT2D eigenvalue weighted by Gasteiger charge is -2.53. The predicted octanol–water partition coefficient (Wildman–Crippen LogP) is 3.63. The van der Waals surface area contributed by atoms with Crippen LogP contribution in [0, 0.1) is 5.82 Å². The highest BCUT2D eigenvalue weighted by Crippen LogP contribution is 2.51. The van der Waals surface area contributed by atoms with Gasteiger partial charge in [0.25, 0.3) is 5.91 Å². The Morgan fingerprint density at radius 1 is 0.972 bits per heavy atom. The Morgan fingerprint density at radius 2 is 1.61 bits per heavy atom. The van der Waals surface area contributed by atoms with E-state index in [-0.39, 0.29) is 19.4 Å². The number of carbonyl (C=O) groups excluding carboxylic acids is 2. The SMILES string of the molecule is O=C1NC(=O)C2(CC(CNc3cc(C(F)(F)F)nc4cc(C(F)(F)F)nn34)(c3ccc(F)cc3)C2)N1. The number of nitrogens with one attached hydrogen (secondary N) is 3. The van der Waals surface area contributed by atoms with Crippen molar-refractivity contribution in [1.29, 1.82) is 0 Å². The van der Waals surface area contributed by atoms with Crippen molar-refractivity contribution in [2.45, 2.75) is 36.1 Å². The van der Waals surface area contributed by atoms with Crippen LogP contribution in [0.5, 0.6) is 0 Å². The van der Waals surface area contributed by atoms with Crippen molar-refractivity contribution >= 4 is 23.4 Å². The van der Waals surface area contributed by atoms with Crippen LogP contribution in [-0.2, 0) is 22.6 Å². The lowest BCUT2D eigenvalue weighted by Crippen LogP contribution is -2.66. The fourth-order valence-electron chi connectivity index (χ4n) is 4.76. The van der Waals surface area contributed by atoms with Gasteiger partial charge in [0, 0.05) is 24.1 Å². The Balaban J connectivity index is 1.53. The number of anilines is 1. The van der Waals surface area contributed by atoms with E-state index in [1.54, 1.807) is 0 Å². The molecule has 8 nitrogen and oxygen atoms in total. The molecule has 3 aromatic rings. The second kappa shape index (κ2) is 7.54. The number of benzene rings is 1. The number of fused-ring (bicyclic) bond motifs is 1. The van der Waals surface area contributed by atoms with E-state index in [1.807, 2.05) is 0 Å². The minimum atomic E-state index is -4.96. The van der Waals surface area contributed by atoms with Crippen molar-refractivity contribution in [3.8, 4) is 0 Å². The Bertz CT molecular complexity index is 1370. The number of aromatic nitrogens is 3. The molecule has 15 heteroatoms. The normalized spacial score (nSPS) is 24.1. The molecule has 190 valence electrons. The topological polar surface area (TPSA) is 100 Å². The van der Waals surface area contributed by atoms with Crippen LogP contribution in [0.1, 0.15) is 29.8 Å². The number of hydrogen-bond acceptors (Lipinski definition) is 5. The van der Waals surface area contributed by atoms with E-state index in [4.69, 9.17) is 0 Å². The molecule has 36 heavy (non-hydrogen) atoms. The largest absolute Gasteiger partial charge is 0.435 e. The molecule has 3 amide bonds. The summed E-state index contributed by atoms with van der Waals surface area (Å²) in [5.41, 5.74) is -5.30. The molecule has 5 rings (SSSR count). The summed E-state index contributed by atoms with van der Waals surface area (Å²) in [5, 5.41) is 10.7. The molecule has 3 heterocycles. The van der Waals surface area contributed by atoms with Crippen LogP contribution < -0.4 is 16.0 Å². The van der Waals surface area contributed by atoms with Crippen molar-refractivity contribution in [3.63, 3.8) is 0 Å². The molecular formula is C21H15F7N6O2. The van der Waals surface area contributed by atoms with Gasteiger partial charge in [0.2, 0.25) is 0 Å². The zero-order valence-corrected chi connectivity index (χ0v) is 17.9. The maximum Gasteiger partial charge on any atom is 0.435 e. The highest BCUT2D eigenvalue weighted by atomic mass is 19.4. The van der Waals surface area contributed by atoms with Crippen LogP contribution in [0.4, 0.5) is 41.3 Å². The van der Waals surface area contributed by atoms with Crippen LogP contribution >= 0.6 is 0 Å². The quantitative estimate of drug-likeness (QED) is 0.364. The van der Waals surface area contributed by atoms with E-state index < -0.39 is 63.9 Å². The van der Waals surface area contributed by atoms with Crippen LogP contribution in [-0.4, -0.2) is 38.6 Å². The maximum absolute atomic E-state index is 13.5. The molecule has 1 aliphatic carbocycles. The molecule has 3 N–H and O–H groups in total. The highest BCUT2D eigenvalue weighted by Gasteiger charge is 2.63. The summed E-state index contributed by atoms with van der Waals surface area (Å²) in [6.45, 7) is -0.179. The molecule has 0 atom stereocenters. The minimum Gasteiger partial charge on any atom is -0.369 e. The lowest BCUT2D eigenvalue weighted by atomic mass is 9.54. The van der Waals surface area contributed by atoms with E-state index in [1.165, 1.54) is 12.1 Å². The number of amides is 3. The first-order valence-electron chi connectivity index (χ1n) is 10.4. The average molecular weight is 516 g/mol. The third-order valence-corrected chi connectivity index (χ3v) is 6.37. The maximum atomic E-state index is 13.5. The first-order chi connectivity index (χ1) is 16.7. The van der Waals surface area contributed by atoms with Gasteiger partial charge in [-0.2, -0.15) is 36.0 Å². The molecule has 1 spiro atoms. The number of rotatable bonds is 4. The molecular weight excluding hydrogens is 501 g/mol. The van der Waals surface area contributed by atoms with E-state index in [0.717, 1.165) is 12.1 Å². The van der Waals surface area contributed by atoms with Gasteiger partial charge in [0.05, 0.1) is 0 Å². The molecule has 0 radical (unpaired) electrons. The Hall–Kier alpha value is -3.91. The Labute approximate surface area is 196 Å². The van der Waals surface area contributed by atoms with Gasteiger partial charge in [-0.1, -0.05) is 12.1 Å². The number of alkyl halides is 6. The van der Waals surface area contributed by atoms with Crippen molar-refractivity contribution < 1.29 is 40.3 Å². The Morgan fingerprint density at radius 3 is 2.17 bits per heavy atom. The second-order valence-electron chi connectivity index (χ2n) is 8.81. The molecule has 1 aliphatic heterocycles. The average Bonchev–Trinajstić information content (AvgIpc) is 3.31. The van der Waals surface area contributed by atoms with Gasteiger partial charge in [0.1, 0.15) is 17.2 Å². The third-order valence-electron chi connectivity index (χ3n) is 6.37. The molecule has 1 saturated carbocycles. The number of halogens is 7. The summed E-state index contributed by atoms with van der Waals surface area (Å²) in [5.74, 6) is -1.56. The fourth-order valence-corrected chi connectivity index (χ4v) is 4.76. The van der Waals surface area contributed by atoms with Gasteiger partial charge in [-0.05, 0) is 30.5 Å². The number of hydrogen-bond donors (Lipinski definition) is 3. The van der Waals surface area contributed by atoms with Gasteiger partial charge < -0.3 is 10.6 Å². The van der Waals surface area contributed by atoms with E-state index in [2.05, 4.69) is 26.0 Å². The smallest absolute Gasteiger partial charge is 0.369 e. The van der Waals surface area contributed by atoms with Crippen molar-refractivity contribution in [2.75, 3.05) is 11.9 Å². The summed E-state index contributed by atoms with van der Waals surface area (Å²) in [6.07, 6.45) is -9.87. The van der Waals surface area contributed by atoms with Crippen LogP contribution in [0.25, 0.3) is 5.65 Å². The summed E-state index contributed by atoms with van der Waals surface area (Å²) in [7, 11) is 0. The number of carbonyl (C=O) groups is 2. The van der Waals surface area contributed by atoms with Gasteiger partial charge in [-0.25, -0.2) is 14.2 Å². The van der Waals surface area contributed by atoms with E-state index in [9.17, 15) is 40.3 Å². The summed E-state index contributed by atoms with van der Waals surface area (Å²) in [4.78, 5) is 27.3. The summed E-state index contributed by atoms with van der Waals surface area (Å²) in [6, 6.07) is 5.39. The molecule has 0 bridgehead atoms. The van der Waals surface area contributed by atoms with E-state index in [0.29, 0.717) is 22.2 Å². The lowest BCUT2D eigenvalue weighted by molar-refractivity contribution is -0.142. The van der Waals surface area contributed by atoms with Crippen LogP contribution in [0.3, 0.4) is 0 Å². The number of urea groups is 1. The van der Waals surface area contributed by atoms with Crippen molar-refractivity contribution in [2.24, 2.45) is 0 Å². The molecule has 2 aromatic heterocycles. The van der Waals surface area contributed by atoms with Crippen LogP contribution in [0.2, 0.25) is 0 Å². The van der Waals surface area contributed by atoms with E-state index >= 15 is 0 Å². The molecule has 0 unspecified atom stereocenters. The predicted molar refractivity (Wildman–Crippen MR) is 108 cm³/mol. The zero-order chi connectivity index (χ0) is 26.1. The zero-order valence-electron chi connectivity index (χ0n) is 17.9. The molecule has 1 aromatic carbocycles. The summed E-state index contributed by atoms with van der Waals surface area (Å²) >= 11 is 0. The number of imide groups is 1. The fraction of sp³-hybridized carbons (Fsp3) is 0.333. The third kappa shape index (κ3) is 3.87. The van der Waals surface area contributed by atoms with Crippen molar-refractivity contribution in [3.05, 3.63) is 59.2 Å². The summed E-state index contributed by atoms with van der Waals surface area (Å²) < 4.78 is 93.9. The van der Waals surface area contributed by atoms with Gasteiger partial charge >= 0.3 is 18.4 Å². The molecule has 2 aliphatic rings. The molecule has 1 saturated heterocycles. The first-order valence-corrected chi connectivity index (χ1v) is 10.4. The van der Waals surface area contributed by atoms with Gasteiger partial charge in [-0.15, -0.1) is 0 Å². The van der Waals surface area contributed by atoms with Crippen LogP contribution in [0.15, 0.2) is 36.4 Å². The van der Waals surface area contributed by atoms with Crippen molar-refractivity contribution in [1.82, 2.24) is 25.2 Å². The number of nitrogens with zero attached hydrogens (tertiary/aromatic N) is 3. The minimum absolute atomic E-state index is 0.00344. The first kappa shape index (κ1) is 23.8. The van der Waals surface area contributed by atoms with Gasteiger partial charge in [0.15, 0.2) is 17.0 Å². The Kier molecular flexibility index (Phi) is 4.99. The van der Waals surface area contributed by atoms with Gasteiger partial charge in [-0.3, -0.25) is 10.1 Å². The molecule has 2 fully saturated rings. The second-order valence-corrected chi connectivity index (χ2v) is 8.81.